The Morgan fingerprint density at radius 3 is 2.41 bits per heavy atom. The van der Waals surface area contributed by atoms with E-state index in [9.17, 15) is 4.79 Å². The predicted molar refractivity (Wildman–Crippen MR) is 106 cm³/mol. The van der Waals surface area contributed by atoms with E-state index in [0.29, 0.717) is 17.2 Å². The third kappa shape index (κ3) is 3.96. The molecule has 0 atom stereocenters. The molecule has 1 aromatic heterocycles. The van der Waals surface area contributed by atoms with Gasteiger partial charge >= 0.3 is 5.97 Å². The van der Waals surface area contributed by atoms with Gasteiger partial charge in [-0.3, -0.25) is 0 Å². The van der Waals surface area contributed by atoms with Crippen LogP contribution >= 0.6 is 0 Å². The summed E-state index contributed by atoms with van der Waals surface area (Å²) in [5, 5.41) is 0. The summed E-state index contributed by atoms with van der Waals surface area (Å²) >= 11 is 0. The molecule has 0 saturated carbocycles. The van der Waals surface area contributed by atoms with E-state index >= 15 is 0 Å². The van der Waals surface area contributed by atoms with Crippen molar-refractivity contribution in [1.82, 2.24) is 4.98 Å². The van der Waals surface area contributed by atoms with E-state index in [0.717, 1.165) is 22.2 Å². The summed E-state index contributed by atoms with van der Waals surface area (Å²) in [5.41, 5.74) is 4.13. The van der Waals surface area contributed by atoms with Gasteiger partial charge in [-0.25, -0.2) is 9.78 Å². The summed E-state index contributed by atoms with van der Waals surface area (Å²) in [4.78, 5) is 16.6. The van der Waals surface area contributed by atoms with Crippen molar-refractivity contribution in [1.29, 1.82) is 0 Å². The van der Waals surface area contributed by atoms with Crippen LogP contribution in [-0.2, 0) is 0 Å². The molecule has 0 amide bonds. The molecule has 0 bridgehead atoms. The molecule has 132 valence electrons. The van der Waals surface area contributed by atoms with Crippen LogP contribution in [0.5, 0.6) is 5.75 Å². The van der Waals surface area contributed by atoms with Gasteiger partial charge < -0.3 is 9.15 Å². The number of oxazole rings is 1. The van der Waals surface area contributed by atoms with Crippen molar-refractivity contribution < 1.29 is 13.9 Å². The van der Waals surface area contributed by atoms with Crippen molar-refractivity contribution in [2.24, 2.45) is 0 Å². The molecule has 4 nitrogen and oxygen atoms in total. The normalized spacial score (nSPS) is 11.1. The number of fused-ring (bicyclic) bond motifs is 1. The molecule has 4 rings (SSSR count). The van der Waals surface area contributed by atoms with Gasteiger partial charge in [0.25, 0.3) is 0 Å². The van der Waals surface area contributed by atoms with E-state index in [-0.39, 0.29) is 5.97 Å². The Bertz CT molecular complexity index is 1070. The highest BCUT2D eigenvalue weighted by atomic mass is 16.5. The number of nitrogens with zero attached hydrogens (tertiary/aromatic N) is 1. The second-order valence-corrected chi connectivity index (χ2v) is 6.18. The molecule has 1 heterocycles. The molecular weight excluding hydrogens is 338 g/mol. The van der Waals surface area contributed by atoms with Gasteiger partial charge in [0.15, 0.2) is 5.58 Å². The van der Waals surface area contributed by atoms with E-state index < -0.39 is 0 Å². The highest BCUT2D eigenvalue weighted by Crippen LogP contribution is 2.18. The lowest BCUT2D eigenvalue weighted by Gasteiger charge is -2.05. The summed E-state index contributed by atoms with van der Waals surface area (Å²) < 4.78 is 11.0. The largest absolute Gasteiger partial charge is 0.437 e. The molecule has 0 unspecified atom stereocenters. The highest BCUT2D eigenvalue weighted by Gasteiger charge is 2.08. The molecule has 0 N–H and O–H groups in total. The zero-order valence-corrected chi connectivity index (χ0v) is 14.8. The zero-order chi connectivity index (χ0) is 18.6. The highest BCUT2D eigenvalue weighted by molar-refractivity contribution is 5.91. The molecule has 3 aromatic carbocycles. The minimum atomic E-state index is -0.381. The van der Waals surface area contributed by atoms with Crippen LogP contribution in [0.25, 0.3) is 23.3 Å². The fraction of sp³-hybridized carbons (Fsp3) is 0.0435. The fourth-order valence-electron chi connectivity index (χ4n) is 2.63. The smallest absolute Gasteiger partial charge is 0.343 e. The first-order chi connectivity index (χ1) is 13.2. The van der Waals surface area contributed by atoms with Crippen molar-refractivity contribution >= 4 is 29.2 Å². The molecule has 4 aromatic rings. The Hall–Kier alpha value is -3.66. The van der Waals surface area contributed by atoms with Gasteiger partial charge in [-0.1, -0.05) is 42.0 Å². The monoisotopic (exact) mass is 355 g/mol. The first-order valence-corrected chi connectivity index (χ1v) is 8.60. The third-order valence-corrected chi connectivity index (χ3v) is 4.11. The van der Waals surface area contributed by atoms with Crippen LogP contribution in [-0.4, -0.2) is 11.0 Å². The number of hydrogen-bond donors (Lipinski definition) is 0. The number of aromatic nitrogens is 1. The lowest BCUT2D eigenvalue weighted by atomic mass is 10.1. The van der Waals surface area contributed by atoms with Crippen molar-refractivity contribution in [3.05, 3.63) is 95.4 Å². The third-order valence-electron chi connectivity index (χ3n) is 4.11. The molecule has 0 aliphatic carbocycles. The number of rotatable bonds is 4. The second-order valence-electron chi connectivity index (χ2n) is 6.18. The number of carbonyl (C=O) groups is 1. The summed E-state index contributed by atoms with van der Waals surface area (Å²) in [6, 6.07) is 22.2. The Morgan fingerprint density at radius 1 is 0.926 bits per heavy atom. The second kappa shape index (κ2) is 7.30. The molecule has 0 saturated heterocycles. The summed E-state index contributed by atoms with van der Waals surface area (Å²) in [5.74, 6) is 0.693. The average molecular weight is 355 g/mol. The van der Waals surface area contributed by atoms with Crippen LogP contribution in [0.1, 0.15) is 27.4 Å². The number of aryl methyl sites for hydroxylation is 1. The van der Waals surface area contributed by atoms with E-state index in [4.69, 9.17) is 9.15 Å². The van der Waals surface area contributed by atoms with Crippen LogP contribution in [0.4, 0.5) is 0 Å². The first-order valence-electron chi connectivity index (χ1n) is 8.60. The van der Waals surface area contributed by atoms with Crippen LogP contribution < -0.4 is 4.74 Å². The molecule has 0 aliphatic heterocycles. The van der Waals surface area contributed by atoms with E-state index in [1.54, 1.807) is 30.3 Å². The van der Waals surface area contributed by atoms with Crippen LogP contribution in [0, 0.1) is 6.92 Å². The van der Waals surface area contributed by atoms with E-state index in [2.05, 4.69) is 4.98 Å². The molecule has 4 heteroatoms. The van der Waals surface area contributed by atoms with E-state index in [1.165, 1.54) is 0 Å². The topological polar surface area (TPSA) is 52.3 Å². The zero-order valence-electron chi connectivity index (χ0n) is 14.8. The van der Waals surface area contributed by atoms with Crippen molar-refractivity contribution in [3.63, 3.8) is 0 Å². The van der Waals surface area contributed by atoms with Gasteiger partial charge in [0.05, 0.1) is 5.56 Å². The lowest BCUT2D eigenvalue weighted by Crippen LogP contribution is -2.08. The SMILES string of the molecule is Cc1ccc(OC(=O)c2ccc(C=Cc3nc4ccccc4o3)cc2)cc1. The van der Waals surface area contributed by atoms with Gasteiger partial charge in [0.2, 0.25) is 5.89 Å². The number of ether oxygens (including phenoxy) is 1. The van der Waals surface area contributed by atoms with Crippen molar-refractivity contribution in [2.45, 2.75) is 6.92 Å². The molecular formula is C23H17NO3. The predicted octanol–water partition coefficient (Wildman–Crippen LogP) is 5.53. The van der Waals surface area contributed by atoms with Crippen molar-refractivity contribution in [2.75, 3.05) is 0 Å². The maximum atomic E-state index is 12.2. The van der Waals surface area contributed by atoms with Crippen LogP contribution in [0.2, 0.25) is 0 Å². The number of esters is 1. The number of carbonyl (C=O) groups excluding carboxylic acids is 1. The summed E-state index contributed by atoms with van der Waals surface area (Å²) in [7, 11) is 0. The Labute approximate surface area is 156 Å². The molecule has 0 radical (unpaired) electrons. The Balaban J connectivity index is 1.45. The summed E-state index contributed by atoms with van der Waals surface area (Å²) in [6.45, 7) is 1.98. The van der Waals surface area contributed by atoms with E-state index in [1.807, 2.05) is 61.5 Å². The minimum Gasteiger partial charge on any atom is -0.437 e. The standard InChI is InChI=1S/C23H17NO3/c1-16-6-13-19(14-7-16)26-23(25)18-11-8-17(9-12-18)10-15-22-24-20-4-2-3-5-21(20)27-22/h2-15H,1H3. The minimum absolute atomic E-state index is 0.381. The maximum absolute atomic E-state index is 12.2. The number of para-hydroxylation sites is 2. The fourth-order valence-corrected chi connectivity index (χ4v) is 2.63. The van der Waals surface area contributed by atoms with Crippen LogP contribution in [0.3, 0.4) is 0 Å². The van der Waals surface area contributed by atoms with Gasteiger partial charge in [-0.05, 0) is 55.0 Å². The average Bonchev–Trinajstić information content (AvgIpc) is 3.11. The first kappa shape index (κ1) is 16.8. The Kier molecular flexibility index (Phi) is 4.54. The maximum Gasteiger partial charge on any atom is 0.343 e. The van der Waals surface area contributed by atoms with Gasteiger partial charge in [-0.15, -0.1) is 0 Å². The number of hydrogen-bond acceptors (Lipinski definition) is 4. The van der Waals surface area contributed by atoms with Gasteiger partial charge in [0, 0.05) is 6.08 Å². The Morgan fingerprint density at radius 2 is 1.67 bits per heavy atom. The van der Waals surface area contributed by atoms with Crippen LogP contribution in [0.15, 0.2) is 77.2 Å². The lowest BCUT2D eigenvalue weighted by molar-refractivity contribution is 0.0734. The molecule has 27 heavy (non-hydrogen) atoms. The molecule has 0 spiro atoms. The van der Waals surface area contributed by atoms with Gasteiger partial charge in [-0.2, -0.15) is 0 Å². The molecule has 0 fully saturated rings. The summed E-state index contributed by atoms with van der Waals surface area (Å²) in [6.07, 6.45) is 3.69. The number of benzene rings is 3. The van der Waals surface area contributed by atoms with Gasteiger partial charge in [0.1, 0.15) is 11.3 Å². The quantitative estimate of drug-likeness (QED) is 0.357. The molecule has 0 aliphatic rings. The van der Waals surface area contributed by atoms with Crippen molar-refractivity contribution in [3.8, 4) is 5.75 Å².